The highest BCUT2D eigenvalue weighted by Crippen LogP contribution is 2.25. The van der Waals surface area contributed by atoms with Gasteiger partial charge in [-0.05, 0) is 30.2 Å². The molecule has 6 nitrogen and oxygen atoms in total. The van der Waals surface area contributed by atoms with Crippen molar-refractivity contribution in [2.45, 2.75) is 33.8 Å². The number of amides is 1. The van der Waals surface area contributed by atoms with Gasteiger partial charge in [-0.3, -0.25) is 9.59 Å². The number of rotatable bonds is 6. The van der Waals surface area contributed by atoms with Gasteiger partial charge in [0.1, 0.15) is 11.3 Å². The van der Waals surface area contributed by atoms with Crippen LogP contribution < -0.4 is 10.9 Å². The number of pyridine rings is 1. The Morgan fingerprint density at radius 3 is 2.58 bits per heavy atom. The van der Waals surface area contributed by atoms with Crippen LogP contribution in [0, 0.1) is 11.3 Å². The van der Waals surface area contributed by atoms with Gasteiger partial charge in [-0.25, -0.2) is 0 Å². The van der Waals surface area contributed by atoms with Crippen LogP contribution in [-0.4, -0.2) is 28.6 Å². The molecule has 2 rings (SSSR count). The van der Waals surface area contributed by atoms with E-state index >= 15 is 0 Å². The number of carbonyl (C=O) groups excluding carboxylic acids is 1. The second kappa shape index (κ2) is 7.05. The molecule has 2 aromatic heterocycles. The summed E-state index contributed by atoms with van der Waals surface area (Å²) in [4.78, 5) is 27.0. The zero-order valence-electron chi connectivity index (χ0n) is 14.4. The highest BCUT2D eigenvalue weighted by molar-refractivity contribution is 5.94. The summed E-state index contributed by atoms with van der Waals surface area (Å²) in [6.07, 6.45) is 0.952. The van der Waals surface area contributed by atoms with E-state index in [1.54, 1.807) is 18.2 Å². The zero-order valence-corrected chi connectivity index (χ0v) is 14.4. The van der Waals surface area contributed by atoms with Gasteiger partial charge >= 0.3 is 0 Å². The molecule has 1 unspecified atom stereocenters. The minimum Gasteiger partial charge on any atom is -0.463 e. The monoisotopic (exact) mass is 332 g/mol. The number of aromatic nitrogens is 1. The molecule has 0 aliphatic carbocycles. The van der Waals surface area contributed by atoms with Gasteiger partial charge in [0, 0.05) is 12.0 Å². The predicted molar refractivity (Wildman–Crippen MR) is 91.7 cm³/mol. The maximum Gasteiger partial charge on any atom is 0.261 e. The van der Waals surface area contributed by atoms with E-state index in [1.807, 2.05) is 27.7 Å². The quantitative estimate of drug-likeness (QED) is 0.757. The molecule has 0 bridgehead atoms. The van der Waals surface area contributed by atoms with Crippen LogP contribution in [0.5, 0.6) is 0 Å². The van der Waals surface area contributed by atoms with Crippen LogP contribution in [0.2, 0.25) is 0 Å². The van der Waals surface area contributed by atoms with Crippen molar-refractivity contribution in [3.05, 3.63) is 46.4 Å². The molecular formula is C18H24N2O4. The van der Waals surface area contributed by atoms with E-state index < -0.39 is 23.0 Å². The lowest BCUT2D eigenvalue weighted by atomic mass is 9.80. The minimum atomic E-state index is -0.558. The number of hydrogen-bond acceptors (Lipinski definition) is 4. The second-order valence-corrected chi connectivity index (χ2v) is 6.95. The van der Waals surface area contributed by atoms with Gasteiger partial charge in [0.15, 0.2) is 0 Å². The van der Waals surface area contributed by atoms with Gasteiger partial charge in [0.2, 0.25) is 0 Å². The first-order valence-corrected chi connectivity index (χ1v) is 7.96. The summed E-state index contributed by atoms with van der Waals surface area (Å²) in [6.45, 7) is 7.87. The van der Waals surface area contributed by atoms with Crippen LogP contribution >= 0.6 is 0 Å². The maximum atomic E-state index is 12.3. The fourth-order valence-corrected chi connectivity index (χ4v) is 2.64. The SMILES string of the molecule is CC(C)C(O)C(C)(C)CNC(=O)c1ccc(-c2ccco2)[nH]c1=O. The van der Waals surface area contributed by atoms with Crippen LogP contribution in [0.15, 0.2) is 39.7 Å². The van der Waals surface area contributed by atoms with Gasteiger partial charge in [-0.2, -0.15) is 0 Å². The van der Waals surface area contributed by atoms with Crippen molar-refractivity contribution in [3.8, 4) is 11.5 Å². The Kier molecular flexibility index (Phi) is 5.29. The number of aliphatic hydroxyl groups excluding tert-OH is 1. The Hall–Kier alpha value is -2.34. The van der Waals surface area contributed by atoms with E-state index in [-0.39, 0.29) is 18.0 Å². The van der Waals surface area contributed by atoms with Crippen LogP contribution in [0.1, 0.15) is 38.1 Å². The number of carbonyl (C=O) groups is 1. The van der Waals surface area contributed by atoms with Crippen LogP contribution in [0.3, 0.4) is 0 Å². The van der Waals surface area contributed by atoms with Gasteiger partial charge in [0.25, 0.3) is 11.5 Å². The number of H-pyrrole nitrogens is 1. The Labute approximate surface area is 140 Å². The Balaban J connectivity index is 2.09. The molecule has 0 aliphatic rings. The third-order valence-electron chi connectivity index (χ3n) is 4.08. The van der Waals surface area contributed by atoms with Crippen LogP contribution in [0.25, 0.3) is 11.5 Å². The van der Waals surface area contributed by atoms with Crippen molar-refractivity contribution in [2.24, 2.45) is 11.3 Å². The summed E-state index contributed by atoms with van der Waals surface area (Å²) < 4.78 is 5.22. The van der Waals surface area contributed by atoms with Crippen LogP contribution in [0.4, 0.5) is 0 Å². The second-order valence-electron chi connectivity index (χ2n) is 6.95. The fraction of sp³-hybridized carbons (Fsp3) is 0.444. The molecule has 2 aromatic rings. The molecule has 1 atom stereocenters. The predicted octanol–water partition coefficient (Wildman–Crippen LogP) is 2.41. The largest absolute Gasteiger partial charge is 0.463 e. The Bertz CT molecular complexity index is 745. The molecule has 2 heterocycles. The summed E-state index contributed by atoms with van der Waals surface area (Å²) >= 11 is 0. The molecule has 0 saturated heterocycles. The summed E-state index contributed by atoms with van der Waals surface area (Å²) in [5, 5.41) is 12.9. The third kappa shape index (κ3) is 3.94. The molecule has 6 heteroatoms. The average molecular weight is 332 g/mol. The summed E-state index contributed by atoms with van der Waals surface area (Å²) in [5.41, 5.74) is -0.439. The lowest BCUT2D eigenvalue weighted by Crippen LogP contribution is -2.44. The van der Waals surface area contributed by atoms with E-state index in [0.717, 1.165) is 0 Å². The molecule has 0 fully saturated rings. The Morgan fingerprint density at radius 1 is 1.33 bits per heavy atom. The molecule has 0 spiro atoms. The zero-order chi connectivity index (χ0) is 17.9. The van der Waals surface area contributed by atoms with Crippen LogP contribution in [-0.2, 0) is 0 Å². The summed E-state index contributed by atoms with van der Waals surface area (Å²) in [7, 11) is 0. The van der Waals surface area contributed by atoms with Crippen molar-refractivity contribution in [2.75, 3.05) is 6.54 Å². The van der Waals surface area contributed by atoms with E-state index in [1.165, 1.54) is 12.3 Å². The topological polar surface area (TPSA) is 95.3 Å². The molecule has 24 heavy (non-hydrogen) atoms. The number of furan rings is 1. The minimum absolute atomic E-state index is 0.0279. The van der Waals surface area contributed by atoms with Gasteiger partial charge < -0.3 is 19.8 Å². The normalized spacial score (nSPS) is 13.1. The van der Waals surface area contributed by atoms with Crippen molar-refractivity contribution in [1.82, 2.24) is 10.3 Å². The lowest BCUT2D eigenvalue weighted by Gasteiger charge is -2.33. The fourth-order valence-electron chi connectivity index (χ4n) is 2.64. The number of hydrogen-bond donors (Lipinski definition) is 3. The highest BCUT2D eigenvalue weighted by Gasteiger charge is 2.30. The third-order valence-corrected chi connectivity index (χ3v) is 4.08. The van der Waals surface area contributed by atoms with Gasteiger partial charge in [-0.15, -0.1) is 0 Å². The van der Waals surface area contributed by atoms with E-state index in [2.05, 4.69) is 10.3 Å². The summed E-state index contributed by atoms with van der Waals surface area (Å²) in [5.74, 6) is 0.138. The van der Waals surface area contributed by atoms with E-state index in [9.17, 15) is 14.7 Å². The Morgan fingerprint density at radius 2 is 2.04 bits per heavy atom. The standard InChI is InChI=1S/C18H24N2O4/c1-11(2)15(21)18(3,4)10-19-16(22)12-7-8-13(20-17(12)23)14-6-5-9-24-14/h5-9,11,15,21H,10H2,1-4H3,(H,19,22)(H,20,23). The molecule has 0 aromatic carbocycles. The first-order valence-electron chi connectivity index (χ1n) is 7.96. The number of nitrogens with one attached hydrogen (secondary N) is 2. The lowest BCUT2D eigenvalue weighted by molar-refractivity contribution is 0.0138. The molecule has 0 aliphatic heterocycles. The number of aliphatic hydroxyl groups is 1. The van der Waals surface area contributed by atoms with Crippen molar-refractivity contribution in [1.29, 1.82) is 0 Å². The first-order chi connectivity index (χ1) is 11.2. The molecule has 0 radical (unpaired) electrons. The average Bonchev–Trinajstić information content (AvgIpc) is 3.06. The molecule has 1 amide bonds. The van der Waals surface area contributed by atoms with Gasteiger partial charge in [0.05, 0.1) is 18.1 Å². The summed E-state index contributed by atoms with van der Waals surface area (Å²) in [6, 6.07) is 6.54. The molecule has 0 saturated carbocycles. The highest BCUT2D eigenvalue weighted by atomic mass is 16.3. The van der Waals surface area contributed by atoms with Crippen molar-refractivity contribution >= 4 is 5.91 Å². The van der Waals surface area contributed by atoms with E-state index in [4.69, 9.17) is 4.42 Å². The maximum absolute atomic E-state index is 12.3. The first kappa shape index (κ1) is 18.0. The molecule has 130 valence electrons. The molecule has 3 N–H and O–H groups in total. The van der Waals surface area contributed by atoms with Gasteiger partial charge in [-0.1, -0.05) is 27.7 Å². The smallest absolute Gasteiger partial charge is 0.261 e. The number of aromatic amines is 1. The van der Waals surface area contributed by atoms with Crippen molar-refractivity contribution < 1.29 is 14.3 Å². The van der Waals surface area contributed by atoms with Crippen molar-refractivity contribution in [3.63, 3.8) is 0 Å². The molecular weight excluding hydrogens is 308 g/mol. The van der Waals surface area contributed by atoms with E-state index in [0.29, 0.717) is 11.5 Å².